The van der Waals surface area contributed by atoms with Crippen LogP contribution in [0.5, 0.6) is 0 Å². The number of aromatic nitrogens is 3. The Morgan fingerprint density at radius 3 is 1.61 bits per heavy atom. The fourth-order valence-corrected chi connectivity index (χ4v) is 12.8. The number of hydrogen-bond donors (Lipinski definition) is 0. The molecular weight excluding hydrogens is 859 g/mol. The Morgan fingerprint density at radius 1 is 0.319 bits per heavy atom. The third kappa shape index (κ3) is 5.53. The molecule has 5 heteroatoms. The van der Waals surface area contributed by atoms with Gasteiger partial charge in [0.05, 0.1) is 5.41 Å². The molecule has 10 aromatic carbocycles. The van der Waals surface area contributed by atoms with E-state index in [1.165, 1.54) is 71.1 Å². The van der Waals surface area contributed by atoms with E-state index in [4.69, 9.17) is 19.4 Å². The van der Waals surface area contributed by atoms with E-state index in [1.54, 1.807) is 11.3 Å². The summed E-state index contributed by atoms with van der Waals surface area (Å²) in [6.07, 6.45) is 0. The van der Waals surface area contributed by atoms with Crippen molar-refractivity contribution in [2.75, 3.05) is 0 Å². The minimum atomic E-state index is -0.361. The summed E-state index contributed by atoms with van der Waals surface area (Å²) in [4.78, 5) is 15.7. The second kappa shape index (κ2) is 14.6. The molecule has 0 bridgehead atoms. The topological polar surface area (TPSA) is 51.8 Å². The van der Waals surface area contributed by atoms with Crippen molar-refractivity contribution in [3.8, 4) is 78.7 Å². The highest BCUT2D eigenvalue weighted by molar-refractivity contribution is 7.26. The molecule has 15 rings (SSSR count). The first-order valence-electron chi connectivity index (χ1n) is 23.4. The summed E-state index contributed by atoms with van der Waals surface area (Å²) in [5, 5.41) is 4.42. The van der Waals surface area contributed by atoms with E-state index in [2.05, 4.69) is 194 Å². The van der Waals surface area contributed by atoms with Gasteiger partial charge in [0.25, 0.3) is 0 Å². The van der Waals surface area contributed by atoms with Gasteiger partial charge in [0, 0.05) is 47.6 Å². The highest BCUT2D eigenvalue weighted by atomic mass is 32.1. The first-order chi connectivity index (χ1) is 34.2. The maximum Gasteiger partial charge on any atom is 0.165 e. The van der Waals surface area contributed by atoms with Gasteiger partial charge in [0.15, 0.2) is 17.5 Å². The summed E-state index contributed by atoms with van der Waals surface area (Å²) in [6, 6.07) is 80.9. The first kappa shape index (κ1) is 38.3. The van der Waals surface area contributed by atoms with E-state index in [-0.39, 0.29) is 5.41 Å². The standard InChI is InChI=1S/C64H37N3OS/c1-2-15-38(16-3-1)61-65-62(67-63(66-61)49-25-13-23-47-46-22-7-11-30-58(46)69-60(47)49)48-24-14-29-57-59(48)51-37-42(32-34-56(51)68-57)40-18-12-17-39(35-40)41-31-33-55-50(36-41)45-21-6-10-28-54(45)64(55)52-26-8-4-19-43(52)44-20-5-9-27-53(44)64/h1-37H. The molecule has 0 unspecified atom stereocenters. The fraction of sp³-hybridized carbons (Fsp3) is 0.0156. The van der Waals surface area contributed by atoms with E-state index in [0.717, 1.165) is 54.5 Å². The number of thiophene rings is 1. The van der Waals surface area contributed by atoms with Gasteiger partial charge in [-0.05, 0) is 109 Å². The molecule has 0 aliphatic heterocycles. The van der Waals surface area contributed by atoms with Gasteiger partial charge in [0.2, 0.25) is 0 Å². The van der Waals surface area contributed by atoms with Crippen LogP contribution in [-0.4, -0.2) is 15.0 Å². The maximum atomic E-state index is 6.61. The van der Waals surface area contributed by atoms with Gasteiger partial charge in [-0.1, -0.05) is 182 Å². The zero-order chi connectivity index (χ0) is 45.2. The maximum absolute atomic E-state index is 6.61. The molecule has 3 aromatic heterocycles. The van der Waals surface area contributed by atoms with Crippen molar-refractivity contribution in [2.45, 2.75) is 5.41 Å². The third-order valence-corrected chi connectivity index (χ3v) is 15.8. The minimum Gasteiger partial charge on any atom is -0.456 e. The second-order valence-corrected chi connectivity index (χ2v) is 19.2. The second-order valence-electron chi connectivity index (χ2n) is 18.2. The molecule has 0 saturated heterocycles. The van der Waals surface area contributed by atoms with E-state index < -0.39 is 0 Å². The zero-order valence-electron chi connectivity index (χ0n) is 37.0. The van der Waals surface area contributed by atoms with Crippen LogP contribution in [-0.2, 0) is 5.41 Å². The lowest BCUT2D eigenvalue weighted by molar-refractivity contribution is 0.669. The van der Waals surface area contributed by atoms with Crippen molar-refractivity contribution in [2.24, 2.45) is 0 Å². The number of furan rings is 1. The SMILES string of the molecule is c1ccc(-c2nc(-c3cccc4c3sc3ccccc34)nc(-c3cccc4oc5ccc(-c6cccc(-c7ccc8c(c7)-c7ccccc7C87c8ccccc8-c8ccccc87)c6)cc5c34)n2)cc1. The largest absolute Gasteiger partial charge is 0.456 e. The monoisotopic (exact) mass is 895 g/mol. The molecule has 4 nitrogen and oxygen atoms in total. The molecule has 320 valence electrons. The molecule has 0 saturated carbocycles. The van der Waals surface area contributed by atoms with Gasteiger partial charge in [-0.3, -0.25) is 0 Å². The molecule has 3 heterocycles. The van der Waals surface area contributed by atoms with Gasteiger partial charge in [-0.2, -0.15) is 0 Å². The Hall–Kier alpha value is -8.77. The highest BCUT2D eigenvalue weighted by Gasteiger charge is 2.51. The molecule has 2 aliphatic carbocycles. The average Bonchev–Trinajstić information content (AvgIpc) is 4.16. The molecule has 69 heavy (non-hydrogen) atoms. The molecule has 13 aromatic rings. The van der Waals surface area contributed by atoms with Gasteiger partial charge in [0.1, 0.15) is 11.2 Å². The molecule has 0 N–H and O–H groups in total. The predicted molar refractivity (Wildman–Crippen MR) is 283 cm³/mol. The molecule has 0 amide bonds. The zero-order valence-corrected chi connectivity index (χ0v) is 37.8. The molecule has 0 radical (unpaired) electrons. The number of benzene rings is 10. The van der Waals surface area contributed by atoms with Crippen molar-refractivity contribution in [3.05, 3.63) is 247 Å². The first-order valence-corrected chi connectivity index (χ1v) is 24.2. The predicted octanol–water partition coefficient (Wildman–Crippen LogP) is 16.8. The number of rotatable bonds is 5. The van der Waals surface area contributed by atoms with Crippen LogP contribution in [0.1, 0.15) is 22.3 Å². The summed E-state index contributed by atoms with van der Waals surface area (Å²) < 4.78 is 9.00. The average molecular weight is 896 g/mol. The number of hydrogen-bond acceptors (Lipinski definition) is 5. The van der Waals surface area contributed by atoms with Gasteiger partial charge in [-0.15, -0.1) is 11.3 Å². The van der Waals surface area contributed by atoms with Crippen molar-refractivity contribution in [3.63, 3.8) is 0 Å². The summed E-state index contributed by atoms with van der Waals surface area (Å²) in [7, 11) is 0. The van der Waals surface area contributed by atoms with Crippen LogP contribution >= 0.6 is 11.3 Å². The van der Waals surface area contributed by atoms with E-state index in [9.17, 15) is 0 Å². The molecule has 0 atom stereocenters. The Balaban J connectivity index is 0.860. The summed E-state index contributed by atoms with van der Waals surface area (Å²) >= 11 is 1.78. The quantitative estimate of drug-likeness (QED) is 0.173. The van der Waals surface area contributed by atoms with Crippen LogP contribution in [0.2, 0.25) is 0 Å². The Kier molecular flexibility index (Phi) is 8.12. The Bertz CT molecular complexity index is 4230. The molecule has 2 aliphatic rings. The van der Waals surface area contributed by atoms with Crippen molar-refractivity contribution in [1.82, 2.24) is 15.0 Å². The summed E-state index contributed by atoms with van der Waals surface area (Å²) in [5.41, 5.74) is 19.2. The van der Waals surface area contributed by atoms with Crippen LogP contribution in [0.4, 0.5) is 0 Å². The number of fused-ring (bicyclic) bond motifs is 16. The normalized spacial score (nSPS) is 13.0. The highest BCUT2D eigenvalue weighted by Crippen LogP contribution is 2.63. The molecular formula is C64H37N3OS. The lowest BCUT2D eigenvalue weighted by Gasteiger charge is -2.30. The van der Waals surface area contributed by atoms with Crippen molar-refractivity contribution < 1.29 is 4.42 Å². The fourth-order valence-electron chi connectivity index (χ4n) is 11.6. The Labute approximate surface area is 401 Å². The van der Waals surface area contributed by atoms with Crippen LogP contribution in [0.15, 0.2) is 229 Å². The van der Waals surface area contributed by atoms with Crippen LogP contribution in [0, 0.1) is 0 Å². The number of nitrogens with zero attached hydrogens (tertiary/aromatic N) is 3. The summed E-state index contributed by atoms with van der Waals surface area (Å²) in [6.45, 7) is 0. The molecule has 0 fully saturated rings. The van der Waals surface area contributed by atoms with E-state index >= 15 is 0 Å². The van der Waals surface area contributed by atoms with Gasteiger partial charge in [-0.25, -0.2) is 15.0 Å². The van der Waals surface area contributed by atoms with Crippen LogP contribution in [0.3, 0.4) is 0 Å². The Morgan fingerprint density at radius 2 is 0.841 bits per heavy atom. The van der Waals surface area contributed by atoms with Crippen molar-refractivity contribution >= 4 is 53.4 Å². The van der Waals surface area contributed by atoms with E-state index in [1.807, 2.05) is 30.3 Å². The van der Waals surface area contributed by atoms with Crippen LogP contribution in [0.25, 0.3) is 121 Å². The summed E-state index contributed by atoms with van der Waals surface area (Å²) in [5.74, 6) is 1.86. The smallest absolute Gasteiger partial charge is 0.165 e. The van der Waals surface area contributed by atoms with Gasteiger partial charge < -0.3 is 4.42 Å². The van der Waals surface area contributed by atoms with Gasteiger partial charge >= 0.3 is 0 Å². The van der Waals surface area contributed by atoms with Crippen molar-refractivity contribution in [1.29, 1.82) is 0 Å². The minimum absolute atomic E-state index is 0.361. The van der Waals surface area contributed by atoms with E-state index in [0.29, 0.717) is 17.5 Å². The lowest BCUT2D eigenvalue weighted by Crippen LogP contribution is -2.25. The lowest BCUT2D eigenvalue weighted by atomic mass is 9.70. The third-order valence-electron chi connectivity index (χ3n) is 14.6. The molecule has 1 spiro atoms. The van der Waals surface area contributed by atoms with Crippen LogP contribution < -0.4 is 0 Å².